The first-order valence-electron chi connectivity index (χ1n) is 6.77. The fourth-order valence-corrected chi connectivity index (χ4v) is 2.47. The third-order valence-corrected chi connectivity index (χ3v) is 3.70. The molecule has 0 fully saturated rings. The van der Waals surface area contributed by atoms with Crippen molar-refractivity contribution in [1.29, 1.82) is 0 Å². The Bertz CT molecular complexity index is 572. The molecule has 2 N–H and O–H groups in total. The zero-order valence-electron chi connectivity index (χ0n) is 12.1. The molecule has 0 saturated carbocycles. The molecule has 1 aromatic carbocycles. The van der Waals surface area contributed by atoms with Gasteiger partial charge in [-0.3, -0.25) is 0 Å². The minimum absolute atomic E-state index is 0.853. The summed E-state index contributed by atoms with van der Waals surface area (Å²) in [5.41, 5.74) is 2.16. The van der Waals surface area contributed by atoms with Crippen LogP contribution in [0.1, 0.15) is 19.4 Å². The van der Waals surface area contributed by atoms with E-state index in [0.717, 1.165) is 35.9 Å². The minimum atomic E-state index is 0.853. The summed E-state index contributed by atoms with van der Waals surface area (Å²) in [4.78, 5) is 9.91. The first-order valence-corrected chi connectivity index (χ1v) is 7.99. The van der Waals surface area contributed by atoms with Crippen LogP contribution in [0.5, 0.6) is 0 Å². The molecule has 2 rings (SSSR count). The lowest BCUT2D eigenvalue weighted by Gasteiger charge is -2.14. The zero-order chi connectivity index (χ0) is 14.4. The highest BCUT2D eigenvalue weighted by Gasteiger charge is 2.09. The Morgan fingerprint density at radius 2 is 1.95 bits per heavy atom. The molecule has 0 aliphatic heterocycles. The van der Waals surface area contributed by atoms with Crippen LogP contribution in [0.4, 0.5) is 17.3 Å². The quantitative estimate of drug-likeness (QED) is 0.789. The lowest BCUT2D eigenvalue weighted by Crippen LogP contribution is -2.07. The summed E-state index contributed by atoms with van der Waals surface area (Å²) >= 11 is 1.73. The van der Waals surface area contributed by atoms with E-state index in [0.29, 0.717) is 0 Å². The van der Waals surface area contributed by atoms with Crippen molar-refractivity contribution in [2.24, 2.45) is 0 Å². The summed E-state index contributed by atoms with van der Waals surface area (Å²) in [5, 5.41) is 6.67. The van der Waals surface area contributed by atoms with Crippen molar-refractivity contribution in [3.8, 4) is 0 Å². The number of nitrogens with one attached hydrogen (secondary N) is 2. The molecule has 0 saturated heterocycles. The van der Waals surface area contributed by atoms with Gasteiger partial charge in [0.25, 0.3) is 0 Å². The maximum Gasteiger partial charge on any atom is 0.139 e. The normalized spacial score (nSPS) is 10.3. The monoisotopic (exact) mass is 288 g/mol. The van der Waals surface area contributed by atoms with Crippen LogP contribution in [0.25, 0.3) is 0 Å². The van der Waals surface area contributed by atoms with Crippen LogP contribution in [0.2, 0.25) is 0 Å². The van der Waals surface area contributed by atoms with Crippen LogP contribution in [0.3, 0.4) is 0 Å². The van der Waals surface area contributed by atoms with Crippen LogP contribution < -0.4 is 10.6 Å². The summed E-state index contributed by atoms with van der Waals surface area (Å²) in [6.45, 7) is 5.03. The summed E-state index contributed by atoms with van der Waals surface area (Å²) in [6.07, 6.45) is 4.55. The zero-order valence-corrected chi connectivity index (χ0v) is 12.9. The number of hydrogen-bond acceptors (Lipinski definition) is 5. The molecule has 0 radical (unpaired) electrons. The van der Waals surface area contributed by atoms with Gasteiger partial charge in [0, 0.05) is 22.7 Å². The number of thioether (sulfide) groups is 1. The first-order chi connectivity index (χ1) is 9.78. The predicted molar refractivity (Wildman–Crippen MR) is 87.1 cm³/mol. The molecule has 0 atom stereocenters. The largest absolute Gasteiger partial charge is 0.370 e. The van der Waals surface area contributed by atoms with Gasteiger partial charge < -0.3 is 10.6 Å². The van der Waals surface area contributed by atoms with Crippen molar-refractivity contribution >= 4 is 29.1 Å². The van der Waals surface area contributed by atoms with Gasteiger partial charge in [0.05, 0.1) is 0 Å². The molecule has 106 valence electrons. The minimum Gasteiger partial charge on any atom is -0.370 e. The van der Waals surface area contributed by atoms with Crippen LogP contribution in [0, 0.1) is 0 Å². The molecule has 0 aliphatic rings. The first kappa shape index (κ1) is 14.7. The van der Waals surface area contributed by atoms with E-state index in [1.807, 2.05) is 12.1 Å². The Morgan fingerprint density at radius 3 is 2.65 bits per heavy atom. The van der Waals surface area contributed by atoms with E-state index in [9.17, 15) is 0 Å². The highest BCUT2D eigenvalue weighted by molar-refractivity contribution is 7.98. The highest BCUT2D eigenvalue weighted by Crippen LogP contribution is 2.26. The Morgan fingerprint density at radius 1 is 1.15 bits per heavy atom. The van der Waals surface area contributed by atoms with Gasteiger partial charge in [-0.05, 0) is 37.8 Å². The van der Waals surface area contributed by atoms with Gasteiger partial charge in [-0.25, -0.2) is 9.97 Å². The van der Waals surface area contributed by atoms with Gasteiger partial charge in [-0.15, -0.1) is 11.8 Å². The Kier molecular flexibility index (Phi) is 5.24. The summed E-state index contributed by atoms with van der Waals surface area (Å²) in [6, 6.07) is 8.32. The average Bonchev–Trinajstić information content (AvgIpc) is 2.48. The number of hydrogen-bond donors (Lipinski definition) is 2. The van der Waals surface area contributed by atoms with Crippen LogP contribution in [0.15, 0.2) is 35.5 Å². The molecule has 1 heterocycles. The molecule has 20 heavy (non-hydrogen) atoms. The smallest absolute Gasteiger partial charge is 0.139 e. The average molecular weight is 288 g/mol. The standard InChI is InChI=1S/C15H20N4S/c1-4-13-14(16-5-2)17-10-18-15(13)19-11-7-6-8-12(9-11)20-3/h6-10H,4-5H2,1-3H3,(H2,16,17,18,19). The van der Waals surface area contributed by atoms with Crippen molar-refractivity contribution in [3.05, 3.63) is 36.2 Å². The molecule has 1 aromatic heterocycles. The van der Waals surface area contributed by atoms with Gasteiger partial charge in [-0.1, -0.05) is 13.0 Å². The van der Waals surface area contributed by atoms with Gasteiger partial charge in [0.2, 0.25) is 0 Å². The Hall–Kier alpha value is -1.75. The van der Waals surface area contributed by atoms with Gasteiger partial charge >= 0.3 is 0 Å². The fraction of sp³-hybridized carbons (Fsp3) is 0.333. The molecule has 2 aromatic rings. The van der Waals surface area contributed by atoms with Gasteiger partial charge in [0.15, 0.2) is 0 Å². The number of nitrogens with zero attached hydrogens (tertiary/aromatic N) is 2. The molecule has 0 bridgehead atoms. The topological polar surface area (TPSA) is 49.8 Å². The fourth-order valence-electron chi connectivity index (χ4n) is 2.01. The van der Waals surface area contributed by atoms with Crippen molar-refractivity contribution < 1.29 is 0 Å². The van der Waals surface area contributed by atoms with Gasteiger partial charge in [0.1, 0.15) is 18.0 Å². The predicted octanol–water partition coefficient (Wildman–Crippen LogP) is 3.94. The molecule has 5 heteroatoms. The van der Waals surface area contributed by atoms with E-state index in [1.54, 1.807) is 18.1 Å². The van der Waals surface area contributed by atoms with Crippen LogP contribution in [-0.2, 0) is 6.42 Å². The SMILES string of the molecule is CCNc1ncnc(Nc2cccc(SC)c2)c1CC. The second-order valence-corrected chi connectivity index (χ2v) is 5.17. The number of aromatic nitrogens is 2. The number of benzene rings is 1. The molecular weight excluding hydrogens is 268 g/mol. The van der Waals surface area contributed by atoms with E-state index in [-0.39, 0.29) is 0 Å². The summed E-state index contributed by atoms with van der Waals surface area (Å²) < 4.78 is 0. The number of rotatable bonds is 6. The molecule has 4 nitrogen and oxygen atoms in total. The van der Waals surface area contributed by atoms with Gasteiger partial charge in [-0.2, -0.15) is 0 Å². The van der Waals surface area contributed by atoms with E-state index in [1.165, 1.54) is 4.90 Å². The van der Waals surface area contributed by atoms with E-state index >= 15 is 0 Å². The molecule has 0 unspecified atom stereocenters. The summed E-state index contributed by atoms with van der Waals surface area (Å²) in [5.74, 6) is 1.78. The van der Waals surface area contributed by atoms with E-state index in [2.05, 4.69) is 52.8 Å². The third-order valence-electron chi connectivity index (χ3n) is 2.98. The molecular formula is C15H20N4S. The van der Waals surface area contributed by atoms with Crippen molar-refractivity contribution in [2.45, 2.75) is 25.2 Å². The molecule has 0 aliphatic carbocycles. The third kappa shape index (κ3) is 3.42. The van der Waals surface area contributed by atoms with Crippen molar-refractivity contribution in [2.75, 3.05) is 23.4 Å². The van der Waals surface area contributed by atoms with Crippen molar-refractivity contribution in [1.82, 2.24) is 9.97 Å². The second-order valence-electron chi connectivity index (χ2n) is 4.29. The number of anilines is 3. The second kappa shape index (κ2) is 7.14. The van der Waals surface area contributed by atoms with Crippen LogP contribution >= 0.6 is 11.8 Å². The molecule has 0 amide bonds. The Balaban J connectivity index is 2.30. The molecule has 0 spiro atoms. The highest BCUT2D eigenvalue weighted by atomic mass is 32.2. The lowest BCUT2D eigenvalue weighted by molar-refractivity contribution is 1.03. The maximum atomic E-state index is 4.37. The summed E-state index contributed by atoms with van der Waals surface area (Å²) in [7, 11) is 0. The lowest BCUT2D eigenvalue weighted by atomic mass is 10.2. The van der Waals surface area contributed by atoms with Crippen molar-refractivity contribution in [3.63, 3.8) is 0 Å². The Labute approximate surface area is 124 Å². The van der Waals surface area contributed by atoms with Crippen LogP contribution in [-0.4, -0.2) is 22.8 Å². The van der Waals surface area contributed by atoms with E-state index in [4.69, 9.17) is 0 Å². The maximum absolute atomic E-state index is 4.37. The van der Waals surface area contributed by atoms with E-state index < -0.39 is 0 Å².